The Hall–Kier alpha value is -13.1. The predicted octanol–water partition coefficient (Wildman–Crippen LogP) is 26.6. The Morgan fingerprint density at radius 3 is 1.13 bits per heavy atom. The van der Waals surface area contributed by atoms with Gasteiger partial charge in [0.05, 0.1) is 66.3 Å². The lowest BCUT2D eigenvalue weighted by atomic mass is 9.62. The van der Waals surface area contributed by atoms with Crippen LogP contribution in [0.25, 0.3) is 154 Å². The molecule has 0 saturated carbocycles. The van der Waals surface area contributed by atoms with E-state index < -0.39 is 10.8 Å². The van der Waals surface area contributed by atoms with Crippen LogP contribution < -0.4 is 0 Å². The zero-order valence-corrected chi connectivity index (χ0v) is 59.9. The average Bonchev–Trinajstić information content (AvgIpc) is 1.30. The topological polar surface area (TPSA) is 19.7 Å². The third-order valence-corrected chi connectivity index (χ3v) is 27.1. The van der Waals surface area contributed by atoms with Crippen molar-refractivity contribution in [3.05, 3.63) is 408 Å². The molecule has 2 unspecified atom stereocenters. The molecule has 500 valence electrons. The summed E-state index contributed by atoms with van der Waals surface area (Å²) < 4.78 is 10.0. The van der Waals surface area contributed by atoms with Crippen molar-refractivity contribution >= 4 is 122 Å². The van der Waals surface area contributed by atoms with Crippen molar-refractivity contribution < 1.29 is 0 Å². The summed E-state index contributed by atoms with van der Waals surface area (Å²) in [5, 5.41) is 12.5. The Kier molecular flexibility index (Phi) is 11.9. The minimum absolute atomic E-state index is 0.566. The van der Waals surface area contributed by atoms with Gasteiger partial charge in [-0.3, -0.25) is 0 Å². The number of nitrogens with zero attached hydrogens (tertiary/aromatic N) is 4. The van der Waals surface area contributed by atoms with Gasteiger partial charge in [0.1, 0.15) is 0 Å². The Balaban J connectivity index is 0.605. The molecule has 0 bridgehead atoms. The maximum atomic E-state index is 2.57. The van der Waals surface area contributed by atoms with Crippen LogP contribution in [0.2, 0.25) is 0 Å². The lowest BCUT2D eigenvalue weighted by molar-refractivity contribution is 0.690. The molecule has 0 radical (unpaired) electrons. The Morgan fingerprint density at radius 2 is 0.565 bits per heavy atom. The molecule has 8 heterocycles. The first kappa shape index (κ1) is 59.2. The molecule has 4 nitrogen and oxygen atoms in total. The molecule has 108 heavy (non-hydrogen) atoms. The molecule has 6 heteroatoms. The minimum Gasteiger partial charge on any atom is -0.309 e. The van der Waals surface area contributed by atoms with E-state index in [4.69, 9.17) is 0 Å². The normalized spacial score (nSPS) is 15.8. The second-order valence-corrected chi connectivity index (χ2v) is 31.8. The molecule has 0 aliphatic carbocycles. The zero-order chi connectivity index (χ0) is 70.2. The monoisotopic (exact) mass is 1400 g/mol. The van der Waals surface area contributed by atoms with Crippen molar-refractivity contribution in [1.82, 2.24) is 18.3 Å². The Morgan fingerprint density at radius 1 is 0.204 bits per heavy atom. The van der Waals surface area contributed by atoms with E-state index in [0.29, 0.717) is 0 Å². The molecule has 4 aliphatic heterocycles. The second kappa shape index (κ2) is 21.8. The third kappa shape index (κ3) is 7.62. The molecule has 0 amide bonds. The first-order valence-electron chi connectivity index (χ1n) is 37.4. The van der Waals surface area contributed by atoms with Crippen LogP contribution in [0, 0.1) is 0 Å². The van der Waals surface area contributed by atoms with E-state index in [1.54, 1.807) is 0 Å². The van der Waals surface area contributed by atoms with Gasteiger partial charge in [-0.2, -0.15) is 0 Å². The molecule has 4 aliphatic rings. The molecule has 17 aromatic carbocycles. The molecule has 0 fully saturated rings. The van der Waals surface area contributed by atoms with E-state index in [-0.39, 0.29) is 0 Å². The number of fused-ring (bicyclic) bond motifs is 29. The maximum Gasteiger partial charge on any atom is 0.0764 e. The van der Waals surface area contributed by atoms with Crippen LogP contribution in [0.3, 0.4) is 0 Å². The summed E-state index contributed by atoms with van der Waals surface area (Å²) in [6.45, 7) is 0. The van der Waals surface area contributed by atoms with Crippen LogP contribution >= 0.6 is 23.5 Å². The molecular formula is C102H60N4S2. The number of hydrogen-bond acceptors (Lipinski definition) is 2. The fourth-order valence-corrected chi connectivity index (χ4v) is 23.0. The van der Waals surface area contributed by atoms with E-state index in [9.17, 15) is 0 Å². The van der Waals surface area contributed by atoms with Gasteiger partial charge in [0.15, 0.2) is 0 Å². The number of para-hydroxylation sites is 7. The van der Waals surface area contributed by atoms with Gasteiger partial charge < -0.3 is 18.3 Å². The zero-order valence-electron chi connectivity index (χ0n) is 58.2. The van der Waals surface area contributed by atoms with Gasteiger partial charge in [-0.05, 0) is 192 Å². The Labute approximate surface area is 630 Å². The number of benzene rings is 17. The van der Waals surface area contributed by atoms with Crippen molar-refractivity contribution in [2.75, 3.05) is 0 Å². The van der Waals surface area contributed by atoms with Crippen LogP contribution in [0.5, 0.6) is 0 Å². The van der Waals surface area contributed by atoms with E-state index in [1.807, 2.05) is 23.5 Å². The van der Waals surface area contributed by atoms with Gasteiger partial charge in [-0.15, -0.1) is 0 Å². The summed E-state index contributed by atoms with van der Waals surface area (Å²) >= 11 is 3.84. The van der Waals surface area contributed by atoms with Crippen LogP contribution in [-0.4, -0.2) is 18.3 Å². The maximum absolute atomic E-state index is 2.57. The van der Waals surface area contributed by atoms with Gasteiger partial charge in [0.2, 0.25) is 0 Å². The first-order chi connectivity index (χ1) is 53.6. The summed E-state index contributed by atoms with van der Waals surface area (Å²) in [7, 11) is 0. The minimum atomic E-state index is -0.628. The Bertz CT molecular complexity index is 7590. The van der Waals surface area contributed by atoms with Gasteiger partial charge in [-0.1, -0.05) is 284 Å². The fraction of sp³-hybridized carbons (Fsp3) is 0.0196. The average molecular weight is 1410 g/mol. The number of rotatable bonds is 5. The molecule has 2 atom stereocenters. The fourth-order valence-electron chi connectivity index (χ4n) is 20.3. The van der Waals surface area contributed by atoms with Gasteiger partial charge in [-0.25, -0.2) is 0 Å². The predicted molar refractivity (Wildman–Crippen MR) is 450 cm³/mol. The summed E-state index contributed by atoms with van der Waals surface area (Å²) in [5.74, 6) is 0. The van der Waals surface area contributed by atoms with Crippen LogP contribution in [0.15, 0.2) is 384 Å². The number of hydrogen-bond donors (Lipinski definition) is 0. The van der Waals surface area contributed by atoms with Crippen LogP contribution in [0.4, 0.5) is 0 Å². The largest absolute Gasteiger partial charge is 0.309 e. The van der Waals surface area contributed by atoms with E-state index >= 15 is 0 Å². The van der Waals surface area contributed by atoms with E-state index in [1.165, 1.54) is 207 Å². The highest BCUT2D eigenvalue weighted by molar-refractivity contribution is 8.00. The highest BCUT2D eigenvalue weighted by atomic mass is 32.2. The lowest BCUT2D eigenvalue weighted by Gasteiger charge is -2.45. The van der Waals surface area contributed by atoms with Gasteiger partial charge >= 0.3 is 0 Å². The summed E-state index contributed by atoms with van der Waals surface area (Å²) in [6.07, 6.45) is 0. The van der Waals surface area contributed by atoms with E-state index in [2.05, 4.69) is 382 Å². The molecular weight excluding hydrogens is 1350 g/mol. The molecule has 21 aromatic rings. The second-order valence-electron chi connectivity index (χ2n) is 29.7. The highest BCUT2D eigenvalue weighted by Gasteiger charge is 2.52. The summed E-state index contributed by atoms with van der Waals surface area (Å²) in [6, 6.07) is 138. The highest BCUT2D eigenvalue weighted by Crippen LogP contribution is 2.64. The van der Waals surface area contributed by atoms with Crippen LogP contribution in [0.1, 0.15) is 44.5 Å². The van der Waals surface area contributed by atoms with Gasteiger partial charge in [0, 0.05) is 74.0 Å². The van der Waals surface area contributed by atoms with Crippen molar-refractivity contribution in [3.8, 4) is 56.1 Å². The summed E-state index contributed by atoms with van der Waals surface area (Å²) in [5.41, 5.74) is 31.0. The van der Waals surface area contributed by atoms with Crippen molar-refractivity contribution in [1.29, 1.82) is 0 Å². The lowest BCUT2D eigenvalue weighted by Crippen LogP contribution is -2.37. The van der Waals surface area contributed by atoms with Crippen molar-refractivity contribution in [2.45, 2.75) is 30.4 Å². The van der Waals surface area contributed by atoms with Crippen molar-refractivity contribution in [3.63, 3.8) is 0 Å². The SMILES string of the molecule is c1ccc2c(c1)Sc1c(-c3ccc4c(c3)c3ccccc3n4-c3ccc(-c4ccc5c(c4)c4cccc6c4n5-c4ccccc4C64c5ccccc5Sc5c(-c6ccc7c(c6)c6ccccc6n7-c6ccc7ccccc7c6)cccc54)cc3)cccc1C21c2ccccc2-n2c3ccccc3c3cccc1c32. The van der Waals surface area contributed by atoms with Crippen LogP contribution in [-0.2, 0) is 10.8 Å². The van der Waals surface area contributed by atoms with Crippen molar-refractivity contribution in [2.24, 2.45) is 0 Å². The standard InChI is InChI=1S/C102H60N4S2/c1-2-22-63-57-68(53-47-61(63)21-1)104-88-39-11-5-25-73(88)77-60-66(50-56-91(77)104)70-27-18-37-86-100(70)108-96-44-16-9-33-82(96)102(86)80-31-7-14-42-94(80)106-92-54-48-64(58-78(92)75-29-20-35-84(102)98(75)106)62-45-51-67(52-46-62)103-87-38-10-4-24-72(87)76-59-65(49-55-90(76)103)69-26-17-36-85-99(69)107-95-43-15-8-32-81(95)101(85)79-30-6-13-41-93(79)105-89-40-12-3-23-71(89)74-28-19-34-83(101)97(74)105/h1-60H. The first-order valence-corrected chi connectivity index (χ1v) is 39.0. The quantitative estimate of drug-likeness (QED) is 0.171. The third-order valence-electron chi connectivity index (χ3n) is 24.6. The molecule has 0 N–H and O–H groups in total. The summed E-state index contributed by atoms with van der Waals surface area (Å²) in [4.78, 5) is 5.16. The molecule has 2 spiro atoms. The van der Waals surface area contributed by atoms with E-state index in [0.717, 1.165) is 11.4 Å². The molecule has 25 rings (SSSR count). The molecule has 4 aromatic heterocycles. The molecule has 0 saturated heterocycles. The van der Waals surface area contributed by atoms with Gasteiger partial charge in [0.25, 0.3) is 0 Å². The number of aromatic nitrogens is 4. The smallest absolute Gasteiger partial charge is 0.0764 e.